The summed E-state index contributed by atoms with van der Waals surface area (Å²) < 4.78 is 0. The van der Waals surface area contributed by atoms with Gasteiger partial charge in [-0.2, -0.15) is 0 Å². The predicted octanol–water partition coefficient (Wildman–Crippen LogP) is 2.69. The molecule has 1 rings (SSSR count). The molecule has 0 aromatic carbocycles. The van der Waals surface area contributed by atoms with E-state index in [9.17, 15) is 0 Å². The first-order valence-electron chi connectivity index (χ1n) is 2.48. The molecule has 0 amide bonds. The van der Waals surface area contributed by atoms with Gasteiger partial charge in [0.05, 0.1) is 15.7 Å². The van der Waals surface area contributed by atoms with Crippen molar-refractivity contribution in [3.8, 4) is 0 Å². The molecule has 0 aliphatic rings. The van der Waals surface area contributed by atoms with Crippen LogP contribution in [0.25, 0.3) is 0 Å². The Hall–Kier alpha value is 0.418. The van der Waals surface area contributed by atoms with Crippen LogP contribution in [0.1, 0.15) is 5.69 Å². The average molecular weight is 357 g/mol. The van der Waals surface area contributed by atoms with Crippen molar-refractivity contribution in [2.45, 2.75) is 6.92 Å². The number of nitrogens with zero attached hydrogens (tertiary/aromatic N) is 1. The molecule has 1 nitrogen and oxygen atoms in total. The Morgan fingerprint density at radius 3 is 2.40 bits per heavy atom. The van der Waals surface area contributed by atoms with Gasteiger partial charge >= 0.3 is 0 Å². The molecule has 0 saturated carbocycles. The number of halogens is 2. The van der Waals surface area contributed by atoms with Gasteiger partial charge in [0.25, 0.3) is 0 Å². The van der Waals surface area contributed by atoms with Crippen LogP contribution in [-0.2, 0) is 21.1 Å². The fraction of sp³-hybridized carbons (Fsp3) is 0.167. The molecule has 0 aliphatic heterocycles. The summed E-state index contributed by atoms with van der Waals surface area (Å²) in [6.45, 7) is 1.81. The Bertz CT molecular complexity index is 207. The Kier molecular flexibility index (Phi) is 4.51. The van der Waals surface area contributed by atoms with Crippen LogP contribution in [0.2, 0.25) is 10.0 Å². The average Bonchev–Trinajstić information content (AvgIpc) is 1.83. The SMILES string of the molecule is Cc1nccc(Cl)c1Cl.[Pt]. The number of pyridine rings is 1. The summed E-state index contributed by atoms with van der Waals surface area (Å²) in [6.07, 6.45) is 1.63. The van der Waals surface area contributed by atoms with E-state index in [1.165, 1.54) is 0 Å². The Labute approximate surface area is 84.0 Å². The molecule has 0 radical (unpaired) electrons. The number of aryl methyl sites for hydroxylation is 1. The van der Waals surface area contributed by atoms with E-state index < -0.39 is 0 Å². The minimum Gasteiger partial charge on any atom is -0.260 e. The summed E-state index contributed by atoms with van der Waals surface area (Å²) in [5, 5.41) is 1.10. The first-order chi connectivity index (χ1) is 4.22. The molecule has 0 N–H and O–H groups in total. The van der Waals surface area contributed by atoms with Crippen molar-refractivity contribution in [1.29, 1.82) is 0 Å². The van der Waals surface area contributed by atoms with Gasteiger partial charge in [-0.1, -0.05) is 23.2 Å². The maximum absolute atomic E-state index is 5.68. The predicted molar refractivity (Wildman–Crippen MR) is 39.0 cm³/mol. The largest absolute Gasteiger partial charge is 0.260 e. The van der Waals surface area contributed by atoms with Crippen molar-refractivity contribution in [3.63, 3.8) is 0 Å². The molecule has 0 atom stereocenters. The third kappa shape index (κ3) is 2.23. The molecule has 0 aliphatic carbocycles. The van der Waals surface area contributed by atoms with Crippen LogP contribution >= 0.6 is 23.2 Å². The second kappa shape index (κ2) is 4.33. The first kappa shape index (κ1) is 10.4. The van der Waals surface area contributed by atoms with Crippen LogP contribution in [-0.4, -0.2) is 4.98 Å². The van der Waals surface area contributed by atoms with E-state index in [4.69, 9.17) is 23.2 Å². The molecular weight excluding hydrogens is 352 g/mol. The van der Waals surface area contributed by atoms with E-state index in [0.29, 0.717) is 10.0 Å². The quantitative estimate of drug-likeness (QED) is 0.696. The van der Waals surface area contributed by atoms with Crippen molar-refractivity contribution in [2.75, 3.05) is 0 Å². The second-order valence-electron chi connectivity index (χ2n) is 1.69. The van der Waals surface area contributed by atoms with E-state index in [2.05, 4.69) is 4.98 Å². The minimum absolute atomic E-state index is 0. The molecule has 1 heterocycles. The van der Waals surface area contributed by atoms with Gasteiger partial charge in [0.1, 0.15) is 0 Å². The fourth-order valence-corrected chi connectivity index (χ4v) is 0.822. The van der Waals surface area contributed by atoms with E-state index in [0.717, 1.165) is 5.69 Å². The maximum Gasteiger partial charge on any atom is 0.0804 e. The molecule has 10 heavy (non-hydrogen) atoms. The van der Waals surface area contributed by atoms with Crippen molar-refractivity contribution in [2.24, 2.45) is 0 Å². The zero-order valence-electron chi connectivity index (χ0n) is 5.17. The van der Waals surface area contributed by atoms with Crippen molar-refractivity contribution < 1.29 is 21.1 Å². The maximum atomic E-state index is 5.68. The van der Waals surface area contributed by atoms with Gasteiger partial charge in [-0.05, 0) is 13.0 Å². The van der Waals surface area contributed by atoms with Crippen LogP contribution in [0.5, 0.6) is 0 Å². The Morgan fingerprint density at radius 2 is 2.00 bits per heavy atom. The molecule has 0 saturated heterocycles. The third-order valence-electron chi connectivity index (χ3n) is 1.02. The first-order valence-corrected chi connectivity index (χ1v) is 3.24. The smallest absolute Gasteiger partial charge is 0.0804 e. The van der Waals surface area contributed by atoms with Gasteiger partial charge in [-0.25, -0.2) is 0 Å². The van der Waals surface area contributed by atoms with Gasteiger partial charge in [-0.3, -0.25) is 4.98 Å². The van der Waals surface area contributed by atoms with Crippen LogP contribution in [0.15, 0.2) is 12.3 Å². The third-order valence-corrected chi connectivity index (χ3v) is 1.91. The van der Waals surface area contributed by atoms with Crippen molar-refractivity contribution >= 4 is 23.2 Å². The fourth-order valence-electron chi connectivity index (χ4n) is 0.517. The standard InChI is InChI=1S/C6H5Cl2N.Pt/c1-4-6(8)5(7)2-3-9-4;/h2-3H,1H3;. The minimum atomic E-state index is 0. The normalized spacial score (nSPS) is 8.70. The van der Waals surface area contributed by atoms with Crippen molar-refractivity contribution in [3.05, 3.63) is 28.0 Å². The summed E-state index contributed by atoms with van der Waals surface area (Å²) >= 11 is 11.3. The van der Waals surface area contributed by atoms with E-state index in [1.54, 1.807) is 12.3 Å². The zero-order valence-corrected chi connectivity index (χ0v) is 8.96. The van der Waals surface area contributed by atoms with Crippen molar-refractivity contribution in [1.82, 2.24) is 4.98 Å². The number of rotatable bonds is 0. The monoisotopic (exact) mass is 356 g/mol. The zero-order chi connectivity index (χ0) is 6.85. The molecule has 1 aromatic rings. The molecule has 4 heteroatoms. The van der Waals surface area contributed by atoms with Crippen LogP contribution in [0, 0.1) is 6.92 Å². The Balaban J connectivity index is 0.000000810. The summed E-state index contributed by atoms with van der Waals surface area (Å²) in [5.41, 5.74) is 0.768. The Morgan fingerprint density at radius 1 is 1.40 bits per heavy atom. The molecule has 0 bridgehead atoms. The molecular formula is C6H5Cl2NPt. The summed E-state index contributed by atoms with van der Waals surface area (Å²) in [7, 11) is 0. The van der Waals surface area contributed by atoms with Crippen LogP contribution in [0.3, 0.4) is 0 Å². The molecule has 0 fully saturated rings. The van der Waals surface area contributed by atoms with E-state index in [-0.39, 0.29) is 21.1 Å². The summed E-state index contributed by atoms with van der Waals surface area (Å²) in [6, 6.07) is 1.66. The summed E-state index contributed by atoms with van der Waals surface area (Å²) in [4.78, 5) is 3.92. The summed E-state index contributed by atoms with van der Waals surface area (Å²) in [5.74, 6) is 0. The number of hydrogen-bond acceptors (Lipinski definition) is 1. The second-order valence-corrected chi connectivity index (χ2v) is 2.48. The number of aromatic nitrogens is 1. The van der Waals surface area contributed by atoms with Gasteiger partial charge in [0.2, 0.25) is 0 Å². The molecule has 1 aromatic heterocycles. The van der Waals surface area contributed by atoms with Gasteiger partial charge in [-0.15, -0.1) is 0 Å². The van der Waals surface area contributed by atoms with E-state index >= 15 is 0 Å². The number of hydrogen-bond donors (Lipinski definition) is 0. The van der Waals surface area contributed by atoms with Gasteiger partial charge in [0, 0.05) is 27.3 Å². The van der Waals surface area contributed by atoms with Crippen LogP contribution in [0.4, 0.5) is 0 Å². The van der Waals surface area contributed by atoms with Gasteiger partial charge < -0.3 is 0 Å². The topological polar surface area (TPSA) is 12.9 Å². The van der Waals surface area contributed by atoms with Crippen LogP contribution < -0.4 is 0 Å². The molecule has 58 valence electrons. The van der Waals surface area contributed by atoms with Gasteiger partial charge in [0.15, 0.2) is 0 Å². The molecule has 0 spiro atoms. The molecule has 0 unspecified atom stereocenters. The van der Waals surface area contributed by atoms with E-state index in [1.807, 2.05) is 6.92 Å².